The predicted octanol–water partition coefficient (Wildman–Crippen LogP) is 3.41. The summed E-state index contributed by atoms with van der Waals surface area (Å²) in [4.78, 5) is 38.5. The van der Waals surface area contributed by atoms with Gasteiger partial charge in [-0.2, -0.15) is 0 Å². The molecule has 3 rings (SSSR count). The molecule has 6 heteroatoms. The summed E-state index contributed by atoms with van der Waals surface area (Å²) in [6.07, 6.45) is 4.25. The van der Waals surface area contributed by atoms with E-state index < -0.39 is 11.6 Å². The fraction of sp³-hybridized carbons (Fsp3) is 0.500. The number of amides is 3. The Morgan fingerprint density at radius 3 is 2.67 bits per heavy atom. The van der Waals surface area contributed by atoms with Crippen molar-refractivity contribution in [3.05, 3.63) is 34.9 Å². The van der Waals surface area contributed by atoms with Gasteiger partial charge < -0.3 is 5.32 Å². The summed E-state index contributed by atoms with van der Waals surface area (Å²) in [5.41, 5.74) is -0.407. The number of nitrogens with zero attached hydrogens (tertiary/aromatic N) is 1. The average molecular weight is 349 g/mol. The highest BCUT2D eigenvalue weighted by atomic mass is 35.5. The molecule has 128 valence electrons. The molecule has 1 saturated carbocycles. The van der Waals surface area contributed by atoms with Crippen molar-refractivity contribution in [1.29, 1.82) is 0 Å². The van der Waals surface area contributed by atoms with Gasteiger partial charge in [0.05, 0.1) is 6.54 Å². The Labute approximate surface area is 146 Å². The van der Waals surface area contributed by atoms with E-state index in [1.807, 2.05) is 0 Å². The molecule has 24 heavy (non-hydrogen) atoms. The van der Waals surface area contributed by atoms with Crippen LogP contribution in [-0.4, -0.2) is 34.7 Å². The normalized spacial score (nSPS) is 26.8. The number of Topliss-reactive ketones (excluding diaryl/α,β-unsaturated/α-hetero) is 1. The van der Waals surface area contributed by atoms with Crippen LogP contribution in [0.1, 0.15) is 49.4 Å². The first-order valence-corrected chi connectivity index (χ1v) is 8.76. The number of carbonyl (C=O) groups excluding carboxylic acids is 3. The SMILES string of the molecule is CCC1CCC2(CC1)NC(=O)N(CC(=O)c1cccc(Cl)c1)C2=O. The summed E-state index contributed by atoms with van der Waals surface area (Å²) < 4.78 is 0. The molecule has 2 fully saturated rings. The van der Waals surface area contributed by atoms with Gasteiger partial charge in [-0.15, -0.1) is 0 Å². The van der Waals surface area contributed by atoms with E-state index in [1.165, 1.54) is 0 Å². The summed E-state index contributed by atoms with van der Waals surface area (Å²) >= 11 is 5.89. The van der Waals surface area contributed by atoms with E-state index >= 15 is 0 Å². The van der Waals surface area contributed by atoms with Crippen LogP contribution in [0.15, 0.2) is 24.3 Å². The van der Waals surface area contributed by atoms with Gasteiger partial charge in [-0.25, -0.2) is 4.79 Å². The summed E-state index contributed by atoms with van der Waals surface area (Å²) in [5.74, 6) is 0.0557. The van der Waals surface area contributed by atoms with E-state index in [0.29, 0.717) is 29.3 Å². The maximum absolute atomic E-state index is 12.8. The molecule has 0 atom stereocenters. The molecule has 1 aliphatic heterocycles. The van der Waals surface area contributed by atoms with Crippen LogP contribution in [0.3, 0.4) is 0 Å². The molecule has 0 bridgehead atoms. The van der Waals surface area contributed by atoms with Gasteiger partial charge in [0.2, 0.25) is 0 Å². The Bertz CT molecular complexity index is 681. The molecule has 5 nitrogen and oxygen atoms in total. The van der Waals surface area contributed by atoms with E-state index in [1.54, 1.807) is 24.3 Å². The number of hydrogen-bond acceptors (Lipinski definition) is 3. The molecule has 1 heterocycles. The minimum atomic E-state index is -0.808. The van der Waals surface area contributed by atoms with Gasteiger partial charge in [-0.3, -0.25) is 14.5 Å². The third-order valence-corrected chi connectivity index (χ3v) is 5.47. The van der Waals surface area contributed by atoms with Gasteiger partial charge in [-0.1, -0.05) is 37.1 Å². The number of hydrogen-bond donors (Lipinski definition) is 1. The number of halogens is 1. The maximum atomic E-state index is 12.8. The zero-order chi connectivity index (χ0) is 17.3. The van der Waals surface area contributed by atoms with Crippen LogP contribution in [0.5, 0.6) is 0 Å². The van der Waals surface area contributed by atoms with Crippen LogP contribution >= 0.6 is 11.6 Å². The van der Waals surface area contributed by atoms with Crippen molar-refractivity contribution in [3.8, 4) is 0 Å². The highest BCUT2D eigenvalue weighted by Gasteiger charge is 2.52. The van der Waals surface area contributed by atoms with Crippen molar-refractivity contribution in [3.63, 3.8) is 0 Å². The third kappa shape index (κ3) is 3.05. The maximum Gasteiger partial charge on any atom is 0.325 e. The Hall–Kier alpha value is -1.88. The standard InChI is InChI=1S/C18H21ClN2O3/c1-2-12-6-8-18(9-7-12)16(23)21(17(24)20-18)11-15(22)13-4-3-5-14(19)10-13/h3-5,10,12H,2,6-9,11H2,1H3,(H,20,24). The number of benzene rings is 1. The molecule has 1 spiro atoms. The molecule has 1 saturated heterocycles. The first-order valence-electron chi connectivity index (χ1n) is 8.38. The topological polar surface area (TPSA) is 66.5 Å². The first kappa shape index (κ1) is 17.0. The van der Waals surface area contributed by atoms with Gasteiger partial charge in [0.25, 0.3) is 5.91 Å². The molecule has 1 aromatic rings. The number of carbonyl (C=O) groups is 3. The van der Waals surface area contributed by atoms with Crippen molar-refractivity contribution in [2.75, 3.05) is 6.54 Å². The van der Waals surface area contributed by atoms with E-state index in [9.17, 15) is 14.4 Å². The number of imide groups is 1. The van der Waals surface area contributed by atoms with Crippen LogP contribution in [-0.2, 0) is 4.79 Å². The Balaban J connectivity index is 1.72. The van der Waals surface area contributed by atoms with Crippen LogP contribution in [0.25, 0.3) is 0 Å². The summed E-state index contributed by atoms with van der Waals surface area (Å²) in [7, 11) is 0. The quantitative estimate of drug-likeness (QED) is 0.669. The number of urea groups is 1. The van der Waals surface area contributed by atoms with Crippen molar-refractivity contribution >= 4 is 29.3 Å². The first-order chi connectivity index (χ1) is 11.4. The molecule has 2 aliphatic rings. The third-order valence-electron chi connectivity index (χ3n) is 5.23. The number of rotatable bonds is 4. The van der Waals surface area contributed by atoms with E-state index in [2.05, 4.69) is 12.2 Å². The molecule has 0 unspecified atom stereocenters. The number of ketones is 1. The van der Waals surface area contributed by atoms with Crippen LogP contribution < -0.4 is 5.32 Å². The number of nitrogens with one attached hydrogen (secondary N) is 1. The van der Waals surface area contributed by atoms with Gasteiger partial charge in [0, 0.05) is 10.6 Å². The second kappa shape index (κ2) is 6.55. The monoisotopic (exact) mass is 348 g/mol. The van der Waals surface area contributed by atoms with Crippen molar-refractivity contribution in [1.82, 2.24) is 10.2 Å². The molecule has 0 radical (unpaired) electrons. The predicted molar refractivity (Wildman–Crippen MR) is 91.0 cm³/mol. The molecule has 0 aromatic heterocycles. The molecular weight excluding hydrogens is 328 g/mol. The van der Waals surface area contributed by atoms with E-state index in [4.69, 9.17) is 11.6 Å². The lowest BCUT2D eigenvalue weighted by molar-refractivity contribution is -0.132. The van der Waals surface area contributed by atoms with Crippen molar-refractivity contribution < 1.29 is 14.4 Å². The lowest BCUT2D eigenvalue weighted by Gasteiger charge is -2.34. The van der Waals surface area contributed by atoms with Gasteiger partial charge in [0.15, 0.2) is 5.78 Å². The summed E-state index contributed by atoms with van der Waals surface area (Å²) in [5, 5.41) is 3.29. The smallest absolute Gasteiger partial charge is 0.323 e. The Morgan fingerprint density at radius 2 is 2.04 bits per heavy atom. The fourth-order valence-electron chi connectivity index (χ4n) is 3.63. The van der Waals surface area contributed by atoms with Crippen LogP contribution in [0.4, 0.5) is 4.79 Å². The minimum absolute atomic E-state index is 0.246. The molecular formula is C18H21ClN2O3. The van der Waals surface area contributed by atoms with Crippen molar-refractivity contribution in [2.24, 2.45) is 5.92 Å². The average Bonchev–Trinajstić information content (AvgIpc) is 2.80. The van der Waals surface area contributed by atoms with Crippen molar-refractivity contribution in [2.45, 2.75) is 44.6 Å². The second-order valence-corrected chi connectivity index (χ2v) is 7.13. The Kier molecular flexibility index (Phi) is 4.63. The zero-order valence-corrected chi connectivity index (χ0v) is 14.4. The van der Waals surface area contributed by atoms with E-state index in [-0.39, 0.29) is 18.2 Å². The minimum Gasteiger partial charge on any atom is -0.323 e. The highest BCUT2D eigenvalue weighted by molar-refractivity contribution is 6.31. The van der Waals surface area contributed by atoms with Crippen LogP contribution in [0, 0.1) is 5.92 Å². The molecule has 1 aromatic carbocycles. The van der Waals surface area contributed by atoms with Gasteiger partial charge in [0.1, 0.15) is 5.54 Å². The molecule has 1 N–H and O–H groups in total. The lowest BCUT2D eigenvalue weighted by Crippen LogP contribution is -2.49. The van der Waals surface area contributed by atoms with Gasteiger partial charge in [-0.05, 0) is 43.7 Å². The summed E-state index contributed by atoms with van der Waals surface area (Å²) in [6.45, 7) is 1.90. The molecule has 1 aliphatic carbocycles. The molecule has 3 amide bonds. The largest absolute Gasteiger partial charge is 0.325 e. The lowest BCUT2D eigenvalue weighted by atomic mass is 9.75. The highest BCUT2D eigenvalue weighted by Crippen LogP contribution is 2.37. The summed E-state index contributed by atoms with van der Waals surface area (Å²) in [6, 6.07) is 6.06. The Morgan fingerprint density at radius 1 is 1.33 bits per heavy atom. The van der Waals surface area contributed by atoms with E-state index in [0.717, 1.165) is 24.2 Å². The zero-order valence-electron chi connectivity index (χ0n) is 13.7. The second-order valence-electron chi connectivity index (χ2n) is 6.69. The fourth-order valence-corrected chi connectivity index (χ4v) is 3.82. The van der Waals surface area contributed by atoms with Crippen LogP contribution in [0.2, 0.25) is 5.02 Å². The van der Waals surface area contributed by atoms with Gasteiger partial charge >= 0.3 is 6.03 Å².